The van der Waals surface area contributed by atoms with E-state index >= 15 is 0 Å². The summed E-state index contributed by atoms with van der Waals surface area (Å²) in [5.74, 6) is 0.699. The van der Waals surface area contributed by atoms with Crippen LogP contribution >= 0.6 is 0 Å². The largest absolute Gasteiger partial charge is 0.494 e. The van der Waals surface area contributed by atoms with Crippen molar-refractivity contribution in [2.45, 2.75) is 85.0 Å². The molecule has 1 saturated heterocycles. The standard InChI is InChI=1S/C26H36BNO2/c1-7-9-12-19(8-2)18-28-23-14-11-10-13-21(23)22-16-15-20(17-24(22)28)27-29-25(3,4)26(5,6)30-27/h10-11,13-17,19H,7-9,12,18H2,1-6H3. The molecule has 1 atom stereocenters. The summed E-state index contributed by atoms with van der Waals surface area (Å²) in [5, 5.41) is 2.65. The Balaban J connectivity index is 1.78. The lowest BCUT2D eigenvalue weighted by Gasteiger charge is -2.32. The number of hydrogen-bond donors (Lipinski definition) is 0. The van der Waals surface area contributed by atoms with Gasteiger partial charge in [0.1, 0.15) is 0 Å². The quantitative estimate of drug-likeness (QED) is 0.430. The molecule has 160 valence electrons. The Labute approximate surface area is 181 Å². The first-order valence-electron chi connectivity index (χ1n) is 11.6. The van der Waals surface area contributed by atoms with Gasteiger partial charge in [0.15, 0.2) is 0 Å². The van der Waals surface area contributed by atoms with Crippen LogP contribution in [0.3, 0.4) is 0 Å². The second-order valence-electron chi connectivity index (χ2n) is 9.91. The molecule has 0 N–H and O–H groups in total. The average Bonchev–Trinajstić information content (AvgIpc) is 3.14. The molecule has 1 unspecified atom stereocenters. The Kier molecular flexibility index (Phi) is 5.76. The van der Waals surface area contributed by atoms with Gasteiger partial charge >= 0.3 is 7.12 Å². The minimum atomic E-state index is -0.327. The van der Waals surface area contributed by atoms with E-state index in [1.54, 1.807) is 0 Å². The normalized spacial score (nSPS) is 19.1. The Morgan fingerprint density at radius 1 is 0.900 bits per heavy atom. The fourth-order valence-corrected chi connectivity index (χ4v) is 4.56. The maximum absolute atomic E-state index is 6.34. The van der Waals surface area contributed by atoms with Crippen molar-refractivity contribution in [3.05, 3.63) is 42.5 Å². The summed E-state index contributed by atoms with van der Waals surface area (Å²) in [7, 11) is -0.326. The van der Waals surface area contributed by atoms with Crippen molar-refractivity contribution in [3.63, 3.8) is 0 Å². The van der Waals surface area contributed by atoms with Gasteiger partial charge in [-0.05, 0) is 57.6 Å². The number of nitrogens with zero attached hydrogens (tertiary/aromatic N) is 1. The summed E-state index contributed by atoms with van der Waals surface area (Å²) < 4.78 is 15.2. The molecule has 0 bridgehead atoms. The van der Waals surface area contributed by atoms with Crippen molar-refractivity contribution < 1.29 is 9.31 Å². The Morgan fingerprint density at radius 3 is 2.23 bits per heavy atom. The van der Waals surface area contributed by atoms with Crippen molar-refractivity contribution in [2.24, 2.45) is 5.92 Å². The predicted molar refractivity (Wildman–Crippen MR) is 128 cm³/mol. The highest BCUT2D eigenvalue weighted by atomic mass is 16.7. The second kappa shape index (κ2) is 8.05. The monoisotopic (exact) mass is 405 g/mol. The third-order valence-corrected chi connectivity index (χ3v) is 7.31. The molecule has 1 aliphatic heterocycles. The van der Waals surface area contributed by atoms with E-state index in [0.717, 1.165) is 12.0 Å². The van der Waals surface area contributed by atoms with E-state index in [9.17, 15) is 0 Å². The summed E-state index contributed by atoms with van der Waals surface area (Å²) >= 11 is 0. The van der Waals surface area contributed by atoms with E-state index in [0.29, 0.717) is 5.92 Å². The zero-order chi connectivity index (χ0) is 21.5. The van der Waals surface area contributed by atoms with Gasteiger partial charge in [0.05, 0.1) is 11.2 Å². The van der Waals surface area contributed by atoms with Crippen LogP contribution in [0.4, 0.5) is 0 Å². The molecular weight excluding hydrogens is 369 g/mol. The summed E-state index contributed by atoms with van der Waals surface area (Å²) in [5.41, 5.74) is 3.07. The molecule has 1 aliphatic rings. The topological polar surface area (TPSA) is 23.4 Å². The smallest absolute Gasteiger partial charge is 0.399 e. The van der Waals surface area contributed by atoms with Gasteiger partial charge in [-0.1, -0.05) is 63.4 Å². The van der Waals surface area contributed by atoms with Gasteiger partial charge in [0, 0.05) is 28.4 Å². The van der Waals surface area contributed by atoms with Gasteiger partial charge in [0.25, 0.3) is 0 Å². The first-order chi connectivity index (χ1) is 14.3. The van der Waals surface area contributed by atoms with Crippen LogP contribution in [-0.4, -0.2) is 22.9 Å². The molecule has 2 aromatic carbocycles. The van der Waals surface area contributed by atoms with Crippen LogP contribution in [-0.2, 0) is 15.9 Å². The number of unbranched alkanes of at least 4 members (excludes halogenated alkanes) is 1. The zero-order valence-corrected chi connectivity index (χ0v) is 19.5. The molecule has 4 heteroatoms. The molecule has 0 radical (unpaired) electrons. The average molecular weight is 405 g/mol. The minimum absolute atomic E-state index is 0.326. The van der Waals surface area contributed by atoms with E-state index < -0.39 is 0 Å². The Bertz CT molecular complexity index is 1020. The van der Waals surface area contributed by atoms with E-state index in [-0.39, 0.29) is 18.3 Å². The SMILES string of the molecule is CCCCC(CC)Cn1c2ccccc2c2ccc(B3OC(C)(C)C(C)(C)O3)cc21. The van der Waals surface area contributed by atoms with E-state index in [2.05, 4.69) is 88.6 Å². The predicted octanol–water partition coefficient (Wildman–Crippen LogP) is 6.31. The highest BCUT2D eigenvalue weighted by Crippen LogP contribution is 2.37. The highest BCUT2D eigenvalue weighted by molar-refractivity contribution is 6.62. The fourth-order valence-electron chi connectivity index (χ4n) is 4.56. The van der Waals surface area contributed by atoms with Gasteiger partial charge in [-0.2, -0.15) is 0 Å². The number of para-hydroxylation sites is 1. The van der Waals surface area contributed by atoms with Gasteiger partial charge in [0.2, 0.25) is 0 Å². The first kappa shape index (κ1) is 21.5. The van der Waals surface area contributed by atoms with Crippen LogP contribution in [0.5, 0.6) is 0 Å². The highest BCUT2D eigenvalue weighted by Gasteiger charge is 2.51. The van der Waals surface area contributed by atoms with Gasteiger partial charge in [-0.3, -0.25) is 0 Å². The van der Waals surface area contributed by atoms with E-state index in [1.165, 1.54) is 47.5 Å². The molecule has 0 spiro atoms. The number of hydrogen-bond acceptors (Lipinski definition) is 2. The number of benzene rings is 2. The number of aromatic nitrogens is 1. The molecule has 1 aromatic heterocycles. The van der Waals surface area contributed by atoms with Crippen molar-refractivity contribution in [3.8, 4) is 0 Å². The molecule has 1 fully saturated rings. The first-order valence-corrected chi connectivity index (χ1v) is 11.6. The van der Waals surface area contributed by atoms with Crippen molar-refractivity contribution >= 4 is 34.4 Å². The zero-order valence-electron chi connectivity index (χ0n) is 19.5. The summed E-state index contributed by atoms with van der Waals surface area (Å²) in [6.07, 6.45) is 5.06. The molecule has 3 nitrogen and oxygen atoms in total. The Morgan fingerprint density at radius 2 is 1.57 bits per heavy atom. The lowest BCUT2D eigenvalue weighted by Crippen LogP contribution is -2.41. The minimum Gasteiger partial charge on any atom is -0.399 e. The van der Waals surface area contributed by atoms with E-state index in [1.807, 2.05) is 0 Å². The third-order valence-electron chi connectivity index (χ3n) is 7.31. The molecule has 2 heterocycles. The molecule has 0 amide bonds. The van der Waals surface area contributed by atoms with Gasteiger partial charge in [-0.15, -0.1) is 0 Å². The molecule has 0 aliphatic carbocycles. The maximum Gasteiger partial charge on any atom is 0.494 e. The van der Waals surface area contributed by atoms with Crippen LogP contribution < -0.4 is 5.46 Å². The van der Waals surface area contributed by atoms with Crippen molar-refractivity contribution in [2.75, 3.05) is 0 Å². The molecule has 0 saturated carbocycles. The number of fused-ring (bicyclic) bond motifs is 3. The summed E-state index contributed by atoms with van der Waals surface area (Å²) in [4.78, 5) is 0. The maximum atomic E-state index is 6.34. The van der Waals surface area contributed by atoms with Crippen LogP contribution in [0.1, 0.15) is 67.2 Å². The van der Waals surface area contributed by atoms with Crippen molar-refractivity contribution in [1.29, 1.82) is 0 Å². The summed E-state index contributed by atoms with van der Waals surface area (Å²) in [6.45, 7) is 14.1. The molecule has 4 rings (SSSR count). The fraction of sp³-hybridized carbons (Fsp3) is 0.538. The number of rotatable bonds is 7. The van der Waals surface area contributed by atoms with Crippen LogP contribution in [0.25, 0.3) is 21.8 Å². The van der Waals surface area contributed by atoms with Crippen LogP contribution in [0.2, 0.25) is 0 Å². The summed E-state index contributed by atoms with van der Waals surface area (Å²) in [6, 6.07) is 15.5. The lowest BCUT2D eigenvalue weighted by atomic mass is 9.79. The Hall–Kier alpha value is -1.78. The second-order valence-corrected chi connectivity index (χ2v) is 9.91. The van der Waals surface area contributed by atoms with Crippen molar-refractivity contribution in [1.82, 2.24) is 4.57 Å². The molecule has 30 heavy (non-hydrogen) atoms. The molecular formula is C26H36BNO2. The van der Waals surface area contributed by atoms with Crippen LogP contribution in [0.15, 0.2) is 42.5 Å². The van der Waals surface area contributed by atoms with E-state index in [4.69, 9.17) is 9.31 Å². The third kappa shape index (κ3) is 3.69. The van der Waals surface area contributed by atoms with Crippen LogP contribution in [0, 0.1) is 5.92 Å². The van der Waals surface area contributed by atoms with Gasteiger partial charge in [-0.25, -0.2) is 0 Å². The molecule has 3 aromatic rings. The van der Waals surface area contributed by atoms with Gasteiger partial charge < -0.3 is 13.9 Å². The lowest BCUT2D eigenvalue weighted by molar-refractivity contribution is 0.00578.